The molecule has 8 heteroatoms. The lowest BCUT2D eigenvalue weighted by Crippen LogP contribution is -2.31. The smallest absolute Gasteiger partial charge is 0.227 e. The van der Waals surface area contributed by atoms with E-state index in [0.29, 0.717) is 6.42 Å². The lowest BCUT2D eigenvalue weighted by molar-refractivity contribution is -0.131. The lowest BCUT2D eigenvalue weighted by Gasteiger charge is -2.24. The highest BCUT2D eigenvalue weighted by molar-refractivity contribution is 7.11. The third-order valence-corrected chi connectivity index (χ3v) is 5.37. The molecule has 1 aromatic carbocycles. The van der Waals surface area contributed by atoms with E-state index < -0.39 is 0 Å². The van der Waals surface area contributed by atoms with E-state index in [0.717, 1.165) is 32.7 Å². The maximum Gasteiger partial charge on any atom is 0.227 e. The number of aromatic nitrogens is 5. The van der Waals surface area contributed by atoms with Crippen LogP contribution in [0.2, 0.25) is 0 Å². The Bertz CT molecular complexity index is 914. The number of hydrogen-bond acceptors (Lipinski definition) is 6. The number of amides is 1. The molecule has 136 valence electrons. The van der Waals surface area contributed by atoms with Crippen LogP contribution in [-0.4, -0.2) is 43.0 Å². The molecule has 2 aromatic heterocycles. The van der Waals surface area contributed by atoms with Crippen LogP contribution >= 0.6 is 11.3 Å². The summed E-state index contributed by atoms with van der Waals surface area (Å²) in [6.07, 6.45) is 0.345. The van der Waals surface area contributed by atoms with Gasteiger partial charge in [-0.15, -0.1) is 16.4 Å². The van der Waals surface area contributed by atoms with Crippen molar-refractivity contribution in [3.8, 4) is 5.69 Å². The minimum atomic E-state index is -0.0457. The van der Waals surface area contributed by atoms with E-state index in [9.17, 15) is 4.79 Å². The van der Waals surface area contributed by atoms with E-state index in [1.807, 2.05) is 52.1 Å². The Balaban J connectivity index is 1.69. The Labute approximate surface area is 156 Å². The molecule has 2 heterocycles. The molecule has 1 unspecified atom stereocenters. The van der Waals surface area contributed by atoms with E-state index in [2.05, 4.69) is 27.4 Å². The zero-order valence-electron chi connectivity index (χ0n) is 15.6. The van der Waals surface area contributed by atoms with Crippen molar-refractivity contribution in [1.82, 2.24) is 30.1 Å². The second-order valence-corrected chi connectivity index (χ2v) is 7.74. The number of thiazole rings is 1. The van der Waals surface area contributed by atoms with Crippen molar-refractivity contribution in [1.29, 1.82) is 0 Å². The first-order valence-electron chi connectivity index (χ1n) is 8.40. The quantitative estimate of drug-likeness (QED) is 0.690. The SMILES string of the molecule is Cc1nc(C(C)N(C)C(=O)Cc2ccc(-n3nnnc3C)cc2)c(C)s1. The van der Waals surface area contributed by atoms with Gasteiger partial charge in [-0.1, -0.05) is 12.1 Å². The van der Waals surface area contributed by atoms with Crippen LogP contribution in [0.25, 0.3) is 5.69 Å². The average molecular weight is 370 g/mol. The Morgan fingerprint density at radius 3 is 2.46 bits per heavy atom. The normalized spacial score (nSPS) is 12.2. The molecule has 1 atom stereocenters. The van der Waals surface area contributed by atoms with Gasteiger partial charge < -0.3 is 4.90 Å². The molecule has 0 aliphatic carbocycles. The Morgan fingerprint density at radius 1 is 1.23 bits per heavy atom. The molecule has 0 aliphatic heterocycles. The number of aryl methyl sites for hydroxylation is 3. The number of likely N-dealkylation sites (N-methyl/N-ethyl adjacent to an activating group) is 1. The van der Waals surface area contributed by atoms with Crippen LogP contribution in [0, 0.1) is 20.8 Å². The van der Waals surface area contributed by atoms with Crippen molar-refractivity contribution >= 4 is 17.2 Å². The van der Waals surface area contributed by atoms with Crippen LogP contribution in [0.15, 0.2) is 24.3 Å². The van der Waals surface area contributed by atoms with Crippen LogP contribution in [0.1, 0.15) is 39.9 Å². The first-order valence-corrected chi connectivity index (χ1v) is 9.22. The molecule has 1 amide bonds. The summed E-state index contributed by atoms with van der Waals surface area (Å²) in [5.41, 5.74) is 2.81. The van der Waals surface area contributed by atoms with Crippen molar-refractivity contribution in [3.05, 3.63) is 51.2 Å². The van der Waals surface area contributed by atoms with Crippen molar-refractivity contribution in [2.24, 2.45) is 0 Å². The van der Waals surface area contributed by atoms with Gasteiger partial charge in [0.2, 0.25) is 5.91 Å². The fourth-order valence-electron chi connectivity index (χ4n) is 2.86. The Hall–Kier alpha value is -2.61. The number of nitrogens with zero attached hydrogens (tertiary/aromatic N) is 6. The average Bonchev–Trinajstić information content (AvgIpc) is 3.19. The summed E-state index contributed by atoms with van der Waals surface area (Å²) >= 11 is 1.66. The standard InChI is InChI=1S/C18H22N6OS/c1-11(18-12(2)26-14(4)19-18)23(5)17(25)10-15-6-8-16(9-7-15)24-13(3)20-21-22-24/h6-9,11H,10H2,1-5H3. The van der Waals surface area contributed by atoms with Crippen molar-refractivity contribution in [2.75, 3.05) is 7.05 Å². The highest BCUT2D eigenvalue weighted by atomic mass is 32.1. The zero-order valence-corrected chi connectivity index (χ0v) is 16.4. The molecule has 0 radical (unpaired) electrons. The number of benzene rings is 1. The van der Waals surface area contributed by atoms with Gasteiger partial charge in [0, 0.05) is 11.9 Å². The molecule has 0 bridgehead atoms. The van der Waals surface area contributed by atoms with Crippen molar-refractivity contribution < 1.29 is 4.79 Å². The molecule has 3 rings (SSSR count). The van der Waals surface area contributed by atoms with Crippen LogP contribution in [0.3, 0.4) is 0 Å². The van der Waals surface area contributed by atoms with Crippen LogP contribution in [0.5, 0.6) is 0 Å². The van der Waals surface area contributed by atoms with E-state index in [1.165, 1.54) is 0 Å². The molecule has 0 saturated heterocycles. The maximum atomic E-state index is 12.7. The summed E-state index contributed by atoms with van der Waals surface area (Å²) in [5, 5.41) is 12.5. The lowest BCUT2D eigenvalue weighted by atomic mass is 10.1. The van der Waals surface area contributed by atoms with Crippen molar-refractivity contribution in [2.45, 2.75) is 40.2 Å². The zero-order chi connectivity index (χ0) is 18.8. The van der Waals surface area contributed by atoms with Gasteiger partial charge in [-0.05, 0) is 55.8 Å². The van der Waals surface area contributed by atoms with Gasteiger partial charge in [0.1, 0.15) is 0 Å². The Kier molecular flexibility index (Phi) is 5.13. The van der Waals surface area contributed by atoms with Crippen LogP contribution in [-0.2, 0) is 11.2 Å². The second kappa shape index (κ2) is 7.33. The fourth-order valence-corrected chi connectivity index (χ4v) is 3.76. The molecule has 0 spiro atoms. The van der Waals surface area contributed by atoms with Gasteiger partial charge in [0.05, 0.1) is 28.9 Å². The van der Waals surface area contributed by atoms with E-state index in [1.54, 1.807) is 20.9 Å². The van der Waals surface area contributed by atoms with Gasteiger partial charge in [0.25, 0.3) is 0 Å². The Morgan fingerprint density at radius 2 is 1.92 bits per heavy atom. The first kappa shape index (κ1) is 18.2. The number of tetrazole rings is 1. The predicted octanol–water partition coefficient (Wildman–Crippen LogP) is 2.81. The largest absolute Gasteiger partial charge is 0.337 e. The van der Waals surface area contributed by atoms with Crippen LogP contribution < -0.4 is 0 Å². The summed E-state index contributed by atoms with van der Waals surface area (Å²) in [5.74, 6) is 0.783. The molecular formula is C18H22N6OS. The molecule has 7 nitrogen and oxygen atoms in total. The molecule has 0 saturated carbocycles. The first-order chi connectivity index (χ1) is 12.4. The fraction of sp³-hybridized carbons (Fsp3) is 0.389. The molecular weight excluding hydrogens is 348 g/mol. The number of hydrogen-bond donors (Lipinski definition) is 0. The van der Waals surface area contributed by atoms with Crippen molar-refractivity contribution in [3.63, 3.8) is 0 Å². The summed E-state index contributed by atoms with van der Waals surface area (Å²) in [6, 6.07) is 7.67. The van der Waals surface area contributed by atoms with Gasteiger partial charge in [0.15, 0.2) is 5.82 Å². The van der Waals surface area contributed by atoms with E-state index in [4.69, 9.17) is 0 Å². The molecule has 0 aliphatic rings. The number of carbonyl (C=O) groups excluding carboxylic acids is 1. The highest BCUT2D eigenvalue weighted by Crippen LogP contribution is 2.26. The molecule has 3 aromatic rings. The van der Waals surface area contributed by atoms with Gasteiger partial charge >= 0.3 is 0 Å². The molecule has 0 fully saturated rings. The summed E-state index contributed by atoms with van der Waals surface area (Å²) in [6.45, 7) is 7.90. The van der Waals surface area contributed by atoms with Gasteiger partial charge in [-0.3, -0.25) is 4.79 Å². The predicted molar refractivity (Wildman–Crippen MR) is 100 cm³/mol. The summed E-state index contributed by atoms with van der Waals surface area (Å²) < 4.78 is 1.66. The number of carbonyl (C=O) groups is 1. The minimum Gasteiger partial charge on any atom is -0.337 e. The highest BCUT2D eigenvalue weighted by Gasteiger charge is 2.21. The second-order valence-electron chi connectivity index (χ2n) is 6.34. The minimum absolute atomic E-state index is 0.0457. The summed E-state index contributed by atoms with van der Waals surface area (Å²) in [7, 11) is 1.83. The van der Waals surface area contributed by atoms with Gasteiger partial charge in [-0.2, -0.15) is 4.68 Å². The van der Waals surface area contributed by atoms with E-state index in [-0.39, 0.29) is 11.9 Å². The van der Waals surface area contributed by atoms with E-state index >= 15 is 0 Å². The molecule has 26 heavy (non-hydrogen) atoms. The topological polar surface area (TPSA) is 76.8 Å². The number of rotatable bonds is 5. The third kappa shape index (κ3) is 3.65. The maximum absolute atomic E-state index is 12.7. The molecule has 0 N–H and O–H groups in total. The summed E-state index contributed by atoms with van der Waals surface area (Å²) in [4.78, 5) is 20.2. The van der Waals surface area contributed by atoms with Crippen LogP contribution in [0.4, 0.5) is 0 Å². The van der Waals surface area contributed by atoms with Gasteiger partial charge in [-0.25, -0.2) is 4.98 Å². The monoisotopic (exact) mass is 370 g/mol. The third-order valence-electron chi connectivity index (χ3n) is 4.47.